The van der Waals surface area contributed by atoms with E-state index in [0.717, 1.165) is 22.3 Å². The van der Waals surface area contributed by atoms with Crippen LogP contribution in [-0.4, -0.2) is 19.6 Å². The van der Waals surface area contributed by atoms with Gasteiger partial charge in [-0.15, -0.1) is 0 Å². The van der Waals surface area contributed by atoms with Crippen molar-refractivity contribution in [3.8, 4) is 11.5 Å². The highest BCUT2D eigenvalue weighted by atomic mass is 16.5. The first-order valence-corrected chi connectivity index (χ1v) is 8.88. The molecule has 1 heterocycles. The minimum atomic E-state index is -0.232. The zero-order chi connectivity index (χ0) is 19.2. The average Bonchev–Trinajstić information content (AvgIpc) is 3.11. The first-order valence-electron chi connectivity index (χ1n) is 8.88. The predicted octanol–water partition coefficient (Wildman–Crippen LogP) is 4.73. The van der Waals surface area contributed by atoms with Gasteiger partial charge in [0, 0.05) is 11.5 Å². The van der Waals surface area contributed by atoms with E-state index < -0.39 is 0 Å². The highest BCUT2D eigenvalue weighted by Crippen LogP contribution is 2.28. The first-order chi connectivity index (χ1) is 13.1. The van der Waals surface area contributed by atoms with Gasteiger partial charge in [0.25, 0.3) is 0 Å². The summed E-state index contributed by atoms with van der Waals surface area (Å²) in [5.74, 6) is 1.84. The Bertz CT molecular complexity index is 925. The number of carbonyl (C=O) groups is 1. The Morgan fingerprint density at radius 1 is 1.19 bits per heavy atom. The van der Waals surface area contributed by atoms with Crippen LogP contribution in [-0.2, 0) is 4.79 Å². The summed E-state index contributed by atoms with van der Waals surface area (Å²) in [5.41, 5.74) is 1.66. The van der Waals surface area contributed by atoms with Crippen LogP contribution in [0.1, 0.15) is 31.2 Å². The van der Waals surface area contributed by atoms with Crippen molar-refractivity contribution in [1.29, 1.82) is 0 Å². The molecule has 140 valence electrons. The van der Waals surface area contributed by atoms with Crippen molar-refractivity contribution in [2.45, 2.75) is 19.9 Å². The zero-order valence-corrected chi connectivity index (χ0v) is 15.7. The number of carbonyl (C=O) groups excluding carboxylic acids is 1. The molecule has 0 spiro atoms. The van der Waals surface area contributed by atoms with Gasteiger partial charge in [0.1, 0.15) is 11.3 Å². The number of hydrogen-bond acceptors (Lipinski definition) is 4. The molecule has 1 amide bonds. The Morgan fingerprint density at radius 3 is 2.74 bits per heavy atom. The van der Waals surface area contributed by atoms with Gasteiger partial charge in [0.2, 0.25) is 5.91 Å². The van der Waals surface area contributed by atoms with Gasteiger partial charge in [-0.1, -0.05) is 24.3 Å². The van der Waals surface area contributed by atoms with Crippen LogP contribution >= 0.6 is 0 Å². The zero-order valence-electron chi connectivity index (χ0n) is 15.7. The van der Waals surface area contributed by atoms with Crippen molar-refractivity contribution in [3.63, 3.8) is 0 Å². The lowest BCUT2D eigenvalue weighted by Crippen LogP contribution is -2.24. The molecule has 0 radical (unpaired) electrons. The fourth-order valence-corrected chi connectivity index (χ4v) is 2.79. The molecule has 27 heavy (non-hydrogen) atoms. The van der Waals surface area contributed by atoms with Crippen LogP contribution in [0.5, 0.6) is 11.5 Å². The Hall–Kier alpha value is -3.21. The van der Waals surface area contributed by atoms with Crippen LogP contribution in [0.15, 0.2) is 59.0 Å². The van der Waals surface area contributed by atoms with Crippen LogP contribution in [0, 0.1) is 0 Å². The van der Waals surface area contributed by atoms with Crippen LogP contribution in [0.4, 0.5) is 0 Å². The largest absolute Gasteiger partial charge is 0.493 e. The Morgan fingerprint density at radius 2 is 2.00 bits per heavy atom. The molecule has 5 heteroatoms. The smallest absolute Gasteiger partial charge is 0.244 e. The summed E-state index contributed by atoms with van der Waals surface area (Å²) in [4.78, 5) is 12.3. The molecular weight excluding hydrogens is 342 g/mol. The van der Waals surface area contributed by atoms with Crippen LogP contribution in [0.3, 0.4) is 0 Å². The minimum Gasteiger partial charge on any atom is -0.493 e. The van der Waals surface area contributed by atoms with E-state index in [9.17, 15) is 4.79 Å². The second-order valence-electron chi connectivity index (χ2n) is 6.09. The molecule has 3 rings (SSSR count). The molecule has 0 bridgehead atoms. The van der Waals surface area contributed by atoms with E-state index in [1.165, 1.54) is 6.08 Å². The molecule has 5 nitrogen and oxygen atoms in total. The van der Waals surface area contributed by atoms with Gasteiger partial charge in [-0.05, 0) is 49.8 Å². The topological polar surface area (TPSA) is 60.7 Å². The lowest BCUT2D eigenvalue weighted by Gasteiger charge is -2.10. The lowest BCUT2D eigenvalue weighted by molar-refractivity contribution is -0.117. The molecule has 1 N–H and O–H groups in total. The summed E-state index contributed by atoms with van der Waals surface area (Å²) in [6, 6.07) is 15.0. The second kappa shape index (κ2) is 8.45. The number of ether oxygens (including phenoxy) is 2. The minimum absolute atomic E-state index is 0.197. The Kier molecular flexibility index (Phi) is 5.81. The number of hydrogen-bond donors (Lipinski definition) is 1. The fraction of sp³-hybridized carbons (Fsp3) is 0.227. The van der Waals surface area contributed by atoms with Gasteiger partial charge in [0.05, 0.1) is 19.8 Å². The third-order valence-corrected chi connectivity index (χ3v) is 4.14. The SMILES string of the molecule is CCOc1cc(/C=C/C(=O)NC(C)c2cc3ccccc3o2)ccc1OC. The van der Waals surface area contributed by atoms with Gasteiger partial charge in [-0.3, -0.25) is 4.79 Å². The summed E-state index contributed by atoms with van der Waals surface area (Å²) in [7, 11) is 1.60. The van der Waals surface area contributed by atoms with E-state index >= 15 is 0 Å². The molecule has 0 saturated heterocycles. The van der Waals surface area contributed by atoms with E-state index in [4.69, 9.17) is 13.9 Å². The molecule has 0 aliphatic rings. The van der Waals surface area contributed by atoms with E-state index in [1.54, 1.807) is 13.2 Å². The van der Waals surface area contributed by atoms with Crippen molar-refractivity contribution in [2.24, 2.45) is 0 Å². The van der Waals surface area contributed by atoms with E-state index in [-0.39, 0.29) is 11.9 Å². The van der Waals surface area contributed by atoms with E-state index in [2.05, 4.69) is 5.32 Å². The van der Waals surface area contributed by atoms with Crippen LogP contribution < -0.4 is 14.8 Å². The molecular formula is C22H23NO4. The summed E-state index contributed by atoms with van der Waals surface area (Å²) < 4.78 is 16.6. The van der Waals surface area contributed by atoms with Crippen molar-refractivity contribution < 1.29 is 18.7 Å². The van der Waals surface area contributed by atoms with E-state index in [0.29, 0.717) is 18.1 Å². The molecule has 1 atom stereocenters. The number of amides is 1. The van der Waals surface area contributed by atoms with Gasteiger partial charge in [-0.25, -0.2) is 0 Å². The third-order valence-electron chi connectivity index (χ3n) is 4.14. The maximum absolute atomic E-state index is 12.3. The summed E-state index contributed by atoms with van der Waals surface area (Å²) >= 11 is 0. The normalized spacial score (nSPS) is 12.3. The second-order valence-corrected chi connectivity index (χ2v) is 6.09. The maximum atomic E-state index is 12.3. The number of rotatable bonds is 7. The number of methoxy groups -OCH3 is 1. The number of furan rings is 1. The number of benzene rings is 2. The number of nitrogens with one attached hydrogen (secondary N) is 1. The quantitative estimate of drug-likeness (QED) is 0.615. The monoisotopic (exact) mass is 365 g/mol. The lowest BCUT2D eigenvalue weighted by atomic mass is 10.1. The molecule has 2 aromatic carbocycles. The standard InChI is InChI=1S/C22H23NO4/c1-4-26-21-13-16(9-11-19(21)25-3)10-12-22(24)23-15(2)20-14-17-7-5-6-8-18(17)27-20/h5-15H,4H2,1-3H3,(H,23,24)/b12-10+. The Labute approximate surface area is 158 Å². The Balaban J connectivity index is 1.66. The maximum Gasteiger partial charge on any atom is 0.244 e. The molecule has 0 saturated carbocycles. The predicted molar refractivity (Wildman–Crippen MR) is 106 cm³/mol. The number of para-hydroxylation sites is 1. The summed E-state index contributed by atoms with van der Waals surface area (Å²) in [6.45, 7) is 4.35. The van der Waals surface area contributed by atoms with Crippen molar-refractivity contribution in [2.75, 3.05) is 13.7 Å². The van der Waals surface area contributed by atoms with Gasteiger partial charge >= 0.3 is 0 Å². The molecule has 0 fully saturated rings. The third kappa shape index (κ3) is 4.50. The van der Waals surface area contributed by atoms with Gasteiger partial charge in [-0.2, -0.15) is 0 Å². The van der Waals surface area contributed by atoms with Crippen LogP contribution in [0.2, 0.25) is 0 Å². The summed E-state index contributed by atoms with van der Waals surface area (Å²) in [5, 5.41) is 3.93. The van der Waals surface area contributed by atoms with Gasteiger partial charge in [0.15, 0.2) is 11.5 Å². The molecule has 1 aromatic heterocycles. The van der Waals surface area contributed by atoms with Crippen molar-refractivity contribution in [1.82, 2.24) is 5.32 Å². The highest BCUT2D eigenvalue weighted by Gasteiger charge is 2.13. The van der Waals surface area contributed by atoms with Crippen molar-refractivity contribution >= 4 is 23.0 Å². The molecule has 1 unspecified atom stereocenters. The molecule has 0 aliphatic carbocycles. The number of fused-ring (bicyclic) bond motifs is 1. The average molecular weight is 365 g/mol. The highest BCUT2D eigenvalue weighted by molar-refractivity contribution is 5.92. The van der Waals surface area contributed by atoms with Gasteiger partial charge < -0.3 is 19.2 Å². The fourth-order valence-electron chi connectivity index (χ4n) is 2.79. The molecule has 3 aromatic rings. The van der Waals surface area contributed by atoms with Crippen LogP contribution in [0.25, 0.3) is 17.0 Å². The molecule has 0 aliphatic heterocycles. The van der Waals surface area contributed by atoms with Crippen molar-refractivity contribution in [3.05, 3.63) is 65.9 Å². The van der Waals surface area contributed by atoms with E-state index in [1.807, 2.05) is 62.4 Å². The summed E-state index contributed by atoms with van der Waals surface area (Å²) in [6.07, 6.45) is 3.24. The first kappa shape index (κ1) is 18.6.